The monoisotopic (exact) mass is 294 g/mol. The topological polar surface area (TPSA) is 62.1 Å². The predicted octanol–water partition coefficient (Wildman–Crippen LogP) is 2.87. The minimum absolute atomic E-state index is 0.0759. The van der Waals surface area contributed by atoms with Crippen molar-refractivity contribution in [2.24, 2.45) is 11.1 Å². The number of oxime groups is 1. The van der Waals surface area contributed by atoms with Gasteiger partial charge in [-0.05, 0) is 38.5 Å². The normalized spacial score (nSPS) is 16.6. The first kappa shape index (κ1) is 15.3. The van der Waals surface area contributed by atoms with Gasteiger partial charge in [-0.2, -0.15) is 0 Å². The molecule has 1 aromatic rings. The first-order valence-corrected chi connectivity index (χ1v) is 6.76. The lowest BCUT2D eigenvalue weighted by Crippen LogP contribution is -2.54. The number of ether oxygens (including phenoxy) is 1. The second-order valence-corrected chi connectivity index (χ2v) is 6.07. The van der Waals surface area contributed by atoms with Gasteiger partial charge >= 0.3 is 6.09 Å². The van der Waals surface area contributed by atoms with Gasteiger partial charge < -0.3 is 14.8 Å². The fourth-order valence-electron chi connectivity index (χ4n) is 2.12. The molecule has 2 rings (SSSR count). The van der Waals surface area contributed by atoms with Gasteiger partial charge in [0.15, 0.2) is 0 Å². The van der Waals surface area contributed by atoms with Crippen LogP contribution in [0.5, 0.6) is 0 Å². The molecule has 1 amide bonds. The Balaban J connectivity index is 1.96. The third-order valence-electron chi connectivity index (χ3n) is 3.17. The van der Waals surface area contributed by atoms with Crippen molar-refractivity contribution in [3.63, 3.8) is 0 Å². The summed E-state index contributed by atoms with van der Waals surface area (Å²) in [5, 5.41) is 12.4. The van der Waals surface area contributed by atoms with Gasteiger partial charge in [0.1, 0.15) is 11.4 Å². The van der Waals surface area contributed by atoms with Crippen molar-refractivity contribution in [3.05, 3.63) is 35.6 Å². The third kappa shape index (κ3) is 3.71. The van der Waals surface area contributed by atoms with E-state index in [0.717, 1.165) is 0 Å². The van der Waals surface area contributed by atoms with Gasteiger partial charge in [-0.1, -0.05) is 17.3 Å². The predicted molar refractivity (Wildman–Crippen MR) is 76.0 cm³/mol. The lowest BCUT2D eigenvalue weighted by molar-refractivity contribution is 0.00671. The van der Waals surface area contributed by atoms with E-state index in [1.807, 2.05) is 0 Å². The van der Waals surface area contributed by atoms with E-state index in [1.165, 1.54) is 12.1 Å². The molecule has 1 heterocycles. The fourth-order valence-corrected chi connectivity index (χ4v) is 2.12. The van der Waals surface area contributed by atoms with Crippen LogP contribution in [0.3, 0.4) is 0 Å². The van der Waals surface area contributed by atoms with Crippen LogP contribution in [0.15, 0.2) is 29.4 Å². The maximum absolute atomic E-state index is 12.9. The Labute approximate surface area is 123 Å². The van der Waals surface area contributed by atoms with Crippen LogP contribution in [0.4, 0.5) is 9.18 Å². The summed E-state index contributed by atoms with van der Waals surface area (Å²) in [5.41, 5.74) is 0.565. The SMILES string of the molecule is CC(C)(C)OC(=O)N1CC(/C(=N/O)c2ccc(F)cc2)C1. The van der Waals surface area contributed by atoms with E-state index in [2.05, 4.69) is 5.16 Å². The number of hydrogen-bond donors (Lipinski definition) is 1. The average Bonchev–Trinajstić information content (AvgIpc) is 2.32. The van der Waals surface area contributed by atoms with Crippen molar-refractivity contribution in [1.82, 2.24) is 4.90 Å². The number of nitrogens with zero attached hydrogens (tertiary/aromatic N) is 2. The van der Waals surface area contributed by atoms with Gasteiger partial charge in [0.05, 0.1) is 5.71 Å². The van der Waals surface area contributed by atoms with Gasteiger partial charge in [0.2, 0.25) is 0 Å². The zero-order valence-electron chi connectivity index (χ0n) is 12.3. The highest BCUT2D eigenvalue weighted by atomic mass is 19.1. The summed E-state index contributed by atoms with van der Waals surface area (Å²) < 4.78 is 18.2. The van der Waals surface area contributed by atoms with Crippen molar-refractivity contribution in [3.8, 4) is 0 Å². The van der Waals surface area contributed by atoms with Crippen molar-refractivity contribution < 1.29 is 19.1 Å². The summed E-state index contributed by atoms with van der Waals surface area (Å²) in [5.74, 6) is -0.423. The van der Waals surface area contributed by atoms with Crippen molar-refractivity contribution in [1.29, 1.82) is 0 Å². The zero-order chi connectivity index (χ0) is 15.6. The quantitative estimate of drug-likeness (QED) is 0.518. The minimum atomic E-state index is -0.535. The third-order valence-corrected chi connectivity index (χ3v) is 3.17. The maximum Gasteiger partial charge on any atom is 0.410 e. The number of hydrogen-bond acceptors (Lipinski definition) is 4. The van der Waals surface area contributed by atoms with E-state index < -0.39 is 5.60 Å². The first-order chi connectivity index (χ1) is 9.80. The van der Waals surface area contributed by atoms with Crippen LogP contribution in [-0.4, -0.2) is 40.6 Å². The van der Waals surface area contributed by atoms with Crippen LogP contribution in [-0.2, 0) is 4.74 Å². The Morgan fingerprint density at radius 3 is 2.38 bits per heavy atom. The Hall–Kier alpha value is -2.11. The second kappa shape index (κ2) is 5.71. The molecule has 1 N–H and O–H groups in total. The molecule has 0 bridgehead atoms. The van der Waals surface area contributed by atoms with Gasteiger partial charge in [0, 0.05) is 19.0 Å². The highest BCUT2D eigenvalue weighted by Gasteiger charge is 2.37. The maximum atomic E-state index is 12.9. The van der Waals surface area contributed by atoms with Crippen LogP contribution < -0.4 is 0 Å². The number of benzene rings is 1. The van der Waals surface area contributed by atoms with Gasteiger partial charge in [-0.15, -0.1) is 0 Å². The summed E-state index contributed by atoms with van der Waals surface area (Å²) in [6.07, 6.45) is -0.379. The highest BCUT2D eigenvalue weighted by molar-refractivity contribution is 6.03. The van der Waals surface area contributed by atoms with Gasteiger partial charge in [-0.3, -0.25) is 0 Å². The van der Waals surface area contributed by atoms with Crippen LogP contribution in [0.2, 0.25) is 0 Å². The molecular formula is C15H19FN2O3. The molecule has 1 aromatic carbocycles. The average molecular weight is 294 g/mol. The first-order valence-electron chi connectivity index (χ1n) is 6.76. The van der Waals surface area contributed by atoms with E-state index >= 15 is 0 Å². The molecule has 1 fully saturated rings. The number of likely N-dealkylation sites (tertiary alicyclic amines) is 1. The molecule has 1 saturated heterocycles. The van der Waals surface area contributed by atoms with Crippen LogP contribution in [0.1, 0.15) is 26.3 Å². The molecule has 0 aliphatic carbocycles. The molecule has 5 nitrogen and oxygen atoms in total. The standard InChI is InChI=1S/C15H19FN2O3/c1-15(2,3)21-14(19)18-8-11(9-18)13(17-20)10-4-6-12(16)7-5-10/h4-7,11,20H,8-9H2,1-3H3/b17-13+. The van der Waals surface area contributed by atoms with Crippen molar-refractivity contribution in [2.45, 2.75) is 26.4 Å². The molecule has 0 atom stereocenters. The largest absolute Gasteiger partial charge is 0.444 e. The number of carbonyl (C=O) groups excluding carboxylic acids is 1. The van der Waals surface area contributed by atoms with Crippen molar-refractivity contribution in [2.75, 3.05) is 13.1 Å². The molecule has 0 spiro atoms. The Kier molecular flexibility index (Phi) is 4.16. The number of halogens is 1. The number of carbonyl (C=O) groups is 1. The molecular weight excluding hydrogens is 275 g/mol. The van der Waals surface area contributed by atoms with Gasteiger partial charge in [0.25, 0.3) is 0 Å². The lowest BCUT2D eigenvalue weighted by Gasteiger charge is -2.39. The molecule has 0 aromatic heterocycles. The van der Waals surface area contributed by atoms with E-state index in [4.69, 9.17) is 9.94 Å². The highest BCUT2D eigenvalue weighted by Crippen LogP contribution is 2.23. The zero-order valence-corrected chi connectivity index (χ0v) is 12.3. The minimum Gasteiger partial charge on any atom is -0.444 e. The molecule has 114 valence electrons. The Morgan fingerprint density at radius 2 is 1.90 bits per heavy atom. The summed E-state index contributed by atoms with van der Waals surface area (Å²) in [6.45, 7) is 6.27. The van der Waals surface area contributed by atoms with Crippen LogP contribution >= 0.6 is 0 Å². The molecule has 6 heteroatoms. The Morgan fingerprint density at radius 1 is 1.33 bits per heavy atom. The van der Waals surface area contributed by atoms with Crippen LogP contribution in [0.25, 0.3) is 0 Å². The van der Waals surface area contributed by atoms with Gasteiger partial charge in [-0.25, -0.2) is 9.18 Å². The van der Waals surface area contributed by atoms with Crippen molar-refractivity contribution >= 4 is 11.8 Å². The molecule has 0 radical (unpaired) electrons. The summed E-state index contributed by atoms with van der Waals surface area (Å²) in [4.78, 5) is 13.4. The van der Waals surface area contributed by atoms with E-state index in [-0.39, 0.29) is 17.8 Å². The lowest BCUT2D eigenvalue weighted by atomic mass is 9.90. The molecule has 1 aliphatic heterocycles. The Bertz CT molecular complexity index is 543. The fraction of sp³-hybridized carbons (Fsp3) is 0.467. The van der Waals surface area contributed by atoms with E-state index in [0.29, 0.717) is 24.4 Å². The smallest absolute Gasteiger partial charge is 0.410 e. The van der Waals surface area contributed by atoms with E-state index in [9.17, 15) is 9.18 Å². The van der Waals surface area contributed by atoms with E-state index in [1.54, 1.807) is 37.8 Å². The molecule has 0 saturated carbocycles. The molecule has 21 heavy (non-hydrogen) atoms. The number of rotatable bonds is 2. The molecule has 0 unspecified atom stereocenters. The molecule has 1 aliphatic rings. The van der Waals surface area contributed by atoms with Crippen LogP contribution in [0, 0.1) is 11.7 Å². The summed E-state index contributed by atoms with van der Waals surface area (Å²) in [7, 11) is 0. The second-order valence-electron chi connectivity index (χ2n) is 6.07. The summed E-state index contributed by atoms with van der Waals surface area (Å²) in [6, 6.07) is 5.73. The number of amides is 1. The summed E-state index contributed by atoms with van der Waals surface area (Å²) >= 11 is 0.